The largest absolute Gasteiger partial charge is 0.496 e. The molecular formula is C13H18FNO3. The van der Waals surface area contributed by atoms with Crippen molar-refractivity contribution in [3.05, 3.63) is 29.6 Å². The molecule has 0 spiro atoms. The van der Waals surface area contributed by atoms with Crippen LogP contribution in [0.1, 0.15) is 32.4 Å². The lowest BCUT2D eigenvalue weighted by molar-refractivity contribution is -0.156. The predicted octanol–water partition coefficient (Wildman–Crippen LogP) is 2.18. The van der Waals surface area contributed by atoms with Crippen molar-refractivity contribution in [2.75, 3.05) is 7.11 Å². The highest BCUT2D eigenvalue weighted by atomic mass is 19.1. The number of rotatable bonds is 3. The molecule has 0 aliphatic carbocycles. The first-order chi connectivity index (χ1) is 8.24. The molecule has 18 heavy (non-hydrogen) atoms. The quantitative estimate of drug-likeness (QED) is 0.841. The van der Waals surface area contributed by atoms with Gasteiger partial charge in [0.2, 0.25) is 0 Å². The van der Waals surface area contributed by atoms with Crippen molar-refractivity contribution in [1.29, 1.82) is 0 Å². The maximum Gasteiger partial charge on any atom is 0.328 e. The monoisotopic (exact) mass is 255 g/mol. The van der Waals surface area contributed by atoms with Crippen LogP contribution in [-0.4, -0.2) is 18.7 Å². The van der Waals surface area contributed by atoms with Gasteiger partial charge in [0.05, 0.1) is 7.11 Å². The smallest absolute Gasteiger partial charge is 0.328 e. The van der Waals surface area contributed by atoms with Gasteiger partial charge in [-0.3, -0.25) is 0 Å². The molecule has 2 N–H and O–H groups in total. The fourth-order valence-corrected chi connectivity index (χ4v) is 1.44. The van der Waals surface area contributed by atoms with Crippen LogP contribution < -0.4 is 10.5 Å². The number of carbonyl (C=O) groups excluding carboxylic acids is 1. The van der Waals surface area contributed by atoms with Crippen LogP contribution in [0, 0.1) is 5.82 Å². The van der Waals surface area contributed by atoms with Gasteiger partial charge < -0.3 is 15.2 Å². The van der Waals surface area contributed by atoms with Crippen LogP contribution in [0.25, 0.3) is 0 Å². The topological polar surface area (TPSA) is 61.5 Å². The molecule has 0 bridgehead atoms. The standard InChI is InChI=1S/C13H18FNO3/c1-13(2,3)18-12(16)11(15)9-7-8(14)5-6-10(9)17-4/h5-7,11H,15H2,1-4H3. The first-order valence-corrected chi connectivity index (χ1v) is 5.56. The molecule has 1 aromatic rings. The van der Waals surface area contributed by atoms with E-state index in [1.165, 1.54) is 25.3 Å². The van der Waals surface area contributed by atoms with Crippen LogP contribution >= 0.6 is 0 Å². The van der Waals surface area contributed by atoms with Crippen LogP contribution in [-0.2, 0) is 9.53 Å². The van der Waals surface area contributed by atoms with Gasteiger partial charge in [-0.2, -0.15) is 0 Å². The fourth-order valence-electron chi connectivity index (χ4n) is 1.44. The molecule has 100 valence electrons. The second-order valence-electron chi connectivity index (χ2n) is 4.90. The highest BCUT2D eigenvalue weighted by Gasteiger charge is 2.26. The summed E-state index contributed by atoms with van der Waals surface area (Å²) in [6, 6.07) is 2.77. The van der Waals surface area contributed by atoms with E-state index in [4.69, 9.17) is 15.2 Å². The molecule has 1 unspecified atom stereocenters. The Hall–Kier alpha value is -1.62. The zero-order chi connectivity index (χ0) is 13.9. The van der Waals surface area contributed by atoms with Gasteiger partial charge in [-0.15, -0.1) is 0 Å². The number of nitrogens with two attached hydrogens (primary N) is 1. The summed E-state index contributed by atoms with van der Waals surface area (Å²) in [7, 11) is 1.43. The normalized spacial score (nSPS) is 13.0. The van der Waals surface area contributed by atoms with Crippen molar-refractivity contribution in [2.45, 2.75) is 32.4 Å². The lowest BCUT2D eigenvalue weighted by atomic mass is 10.1. The van der Waals surface area contributed by atoms with Crippen molar-refractivity contribution < 1.29 is 18.7 Å². The van der Waals surface area contributed by atoms with E-state index in [-0.39, 0.29) is 5.56 Å². The molecule has 1 rings (SSSR count). The number of esters is 1. The Balaban J connectivity index is 2.99. The second-order valence-corrected chi connectivity index (χ2v) is 4.90. The maximum atomic E-state index is 13.2. The predicted molar refractivity (Wildman–Crippen MR) is 65.7 cm³/mol. The van der Waals surface area contributed by atoms with Crippen LogP contribution in [0.4, 0.5) is 4.39 Å². The minimum Gasteiger partial charge on any atom is -0.496 e. The Morgan fingerprint density at radius 2 is 2.00 bits per heavy atom. The molecule has 4 nitrogen and oxygen atoms in total. The molecule has 0 aromatic heterocycles. The fraction of sp³-hybridized carbons (Fsp3) is 0.462. The number of benzene rings is 1. The summed E-state index contributed by atoms with van der Waals surface area (Å²) < 4.78 is 23.4. The highest BCUT2D eigenvalue weighted by molar-refractivity contribution is 5.78. The van der Waals surface area contributed by atoms with Crippen LogP contribution in [0.2, 0.25) is 0 Å². The van der Waals surface area contributed by atoms with E-state index in [9.17, 15) is 9.18 Å². The number of halogens is 1. The van der Waals surface area contributed by atoms with Crippen molar-refractivity contribution in [3.63, 3.8) is 0 Å². The highest BCUT2D eigenvalue weighted by Crippen LogP contribution is 2.26. The number of hydrogen-bond donors (Lipinski definition) is 1. The van der Waals surface area contributed by atoms with Crippen molar-refractivity contribution in [3.8, 4) is 5.75 Å². The Kier molecular flexibility index (Phi) is 4.29. The van der Waals surface area contributed by atoms with Crippen molar-refractivity contribution in [2.24, 2.45) is 5.73 Å². The molecule has 1 atom stereocenters. The van der Waals surface area contributed by atoms with Crippen molar-refractivity contribution in [1.82, 2.24) is 0 Å². The summed E-state index contributed by atoms with van der Waals surface area (Å²) in [5.74, 6) is -0.744. The molecule has 0 saturated carbocycles. The Morgan fingerprint density at radius 3 is 2.50 bits per heavy atom. The van der Waals surface area contributed by atoms with E-state index in [0.29, 0.717) is 5.75 Å². The van der Waals surface area contributed by atoms with Gasteiger partial charge in [0, 0.05) is 5.56 Å². The molecule has 0 radical (unpaired) electrons. The second kappa shape index (κ2) is 5.35. The number of methoxy groups -OCH3 is 1. The molecule has 5 heteroatoms. The van der Waals surface area contributed by atoms with E-state index in [0.717, 1.165) is 0 Å². The van der Waals surface area contributed by atoms with Gasteiger partial charge in [-0.05, 0) is 39.0 Å². The Morgan fingerprint density at radius 1 is 1.39 bits per heavy atom. The van der Waals surface area contributed by atoms with E-state index in [1.807, 2.05) is 0 Å². The first kappa shape index (κ1) is 14.4. The van der Waals surface area contributed by atoms with Gasteiger partial charge in [0.25, 0.3) is 0 Å². The third-order valence-electron chi connectivity index (χ3n) is 2.19. The average molecular weight is 255 g/mol. The summed E-state index contributed by atoms with van der Waals surface area (Å²) in [6.07, 6.45) is 0. The summed E-state index contributed by atoms with van der Waals surface area (Å²) in [6.45, 7) is 5.21. The molecule has 0 fully saturated rings. The summed E-state index contributed by atoms with van der Waals surface area (Å²) in [5, 5.41) is 0. The molecule has 0 aliphatic heterocycles. The summed E-state index contributed by atoms with van der Waals surface area (Å²) in [5.41, 5.74) is 5.40. The first-order valence-electron chi connectivity index (χ1n) is 5.56. The number of ether oxygens (including phenoxy) is 2. The maximum absolute atomic E-state index is 13.2. The molecule has 0 amide bonds. The van der Waals surface area contributed by atoms with E-state index in [1.54, 1.807) is 20.8 Å². The van der Waals surface area contributed by atoms with Gasteiger partial charge in [0.15, 0.2) is 0 Å². The number of hydrogen-bond acceptors (Lipinski definition) is 4. The molecule has 1 aromatic carbocycles. The van der Waals surface area contributed by atoms with E-state index >= 15 is 0 Å². The molecule has 0 heterocycles. The zero-order valence-corrected chi connectivity index (χ0v) is 11.0. The molecular weight excluding hydrogens is 237 g/mol. The van der Waals surface area contributed by atoms with Gasteiger partial charge >= 0.3 is 5.97 Å². The Bertz CT molecular complexity index is 440. The van der Waals surface area contributed by atoms with Gasteiger partial charge in [-0.25, -0.2) is 9.18 Å². The van der Waals surface area contributed by atoms with Crippen molar-refractivity contribution >= 4 is 5.97 Å². The summed E-state index contributed by atoms with van der Waals surface area (Å²) in [4.78, 5) is 11.8. The lowest BCUT2D eigenvalue weighted by Crippen LogP contribution is -2.31. The minimum atomic E-state index is -1.07. The third-order valence-corrected chi connectivity index (χ3v) is 2.19. The molecule has 0 aliphatic rings. The zero-order valence-electron chi connectivity index (χ0n) is 11.0. The van der Waals surface area contributed by atoms with Crippen LogP contribution in [0.5, 0.6) is 5.75 Å². The SMILES string of the molecule is COc1ccc(F)cc1C(N)C(=O)OC(C)(C)C. The minimum absolute atomic E-state index is 0.270. The van der Waals surface area contributed by atoms with Gasteiger partial charge in [-0.1, -0.05) is 0 Å². The van der Waals surface area contributed by atoms with Gasteiger partial charge in [0.1, 0.15) is 23.2 Å². The van der Waals surface area contributed by atoms with Crippen LogP contribution in [0.15, 0.2) is 18.2 Å². The van der Waals surface area contributed by atoms with E-state index in [2.05, 4.69) is 0 Å². The Labute approximate surface area is 106 Å². The van der Waals surface area contributed by atoms with Crippen LogP contribution in [0.3, 0.4) is 0 Å². The third kappa shape index (κ3) is 3.70. The lowest BCUT2D eigenvalue weighted by Gasteiger charge is -2.23. The average Bonchev–Trinajstić information content (AvgIpc) is 2.25. The molecule has 0 saturated heterocycles. The van der Waals surface area contributed by atoms with E-state index < -0.39 is 23.4 Å². The number of carbonyl (C=O) groups is 1. The summed E-state index contributed by atoms with van der Waals surface area (Å²) >= 11 is 0.